The van der Waals surface area contributed by atoms with Crippen molar-refractivity contribution < 1.29 is 27.8 Å². The number of halogens is 3. The van der Waals surface area contributed by atoms with Crippen molar-refractivity contribution in [3.63, 3.8) is 0 Å². The second-order valence-corrected chi connectivity index (χ2v) is 4.08. The van der Waals surface area contributed by atoms with Crippen LogP contribution in [0.4, 0.5) is 13.2 Å². The molecule has 0 aliphatic carbocycles. The summed E-state index contributed by atoms with van der Waals surface area (Å²) in [4.78, 5) is 4.08. The van der Waals surface area contributed by atoms with E-state index in [1.807, 2.05) is 0 Å². The molecule has 0 aliphatic rings. The van der Waals surface area contributed by atoms with Gasteiger partial charge in [0.2, 0.25) is 5.88 Å². The van der Waals surface area contributed by atoms with Crippen LogP contribution in [-0.2, 0) is 6.61 Å². The fourth-order valence-electron chi connectivity index (χ4n) is 1.81. The molecule has 21 heavy (non-hydrogen) atoms. The van der Waals surface area contributed by atoms with E-state index >= 15 is 0 Å². The second-order valence-electron chi connectivity index (χ2n) is 4.08. The monoisotopic (exact) mass is 299 g/mol. The molecular weight excluding hydrogens is 287 g/mol. The Balaban J connectivity index is 2.30. The third-order valence-electron chi connectivity index (χ3n) is 2.71. The molecule has 1 N–H and O–H groups in total. The van der Waals surface area contributed by atoms with E-state index in [0.29, 0.717) is 22.7 Å². The fourth-order valence-corrected chi connectivity index (χ4v) is 1.81. The van der Waals surface area contributed by atoms with Crippen LogP contribution in [0.25, 0.3) is 11.1 Å². The van der Waals surface area contributed by atoms with Crippen LogP contribution in [0.2, 0.25) is 0 Å². The SMILES string of the molecule is COc1ccc(-c2ccc(OC(F)(F)F)cc2)c(CO)n1. The minimum Gasteiger partial charge on any atom is -0.481 e. The summed E-state index contributed by atoms with van der Waals surface area (Å²) in [6, 6.07) is 8.61. The summed E-state index contributed by atoms with van der Waals surface area (Å²) >= 11 is 0. The molecule has 7 heteroatoms. The van der Waals surface area contributed by atoms with Gasteiger partial charge in [0.25, 0.3) is 0 Å². The molecule has 112 valence electrons. The number of hydrogen-bond donors (Lipinski definition) is 1. The lowest BCUT2D eigenvalue weighted by Gasteiger charge is -2.11. The third kappa shape index (κ3) is 3.85. The topological polar surface area (TPSA) is 51.6 Å². The van der Waals surface area contributed by atoms with E-state index in [-0.39, 0.29) is 12.4 Å². The maximum Gasteiger partial charge on any atom is 0.573 e. The Morgan fingerprint density at radius 2 is 1.76 bits per heavy atom. The Kier molecular flexibility index (Phi) is 4.32. The van der Waals surface area contributed by atoms with Crippen molar-refractivity contribution in [1.29, 1.82) is 0 Å². The number of benzene rings is 1. The van der Waals surface area contributed by atoms with Crippen molar-refractivity contribution in [2.75, 3.05) is 7.11 Å². The van der Waals surface area contributed by atoms with Crippen LogP contribution in [0.1, 0.15) is 5.69 Å². The van der Waals surface area contributed by atoms with Crippen LogP contribution in [0, 0.1) is 0 Å². The molecule has 0 atom stereocenters. The van der Waals surface area contributed by atoms with Gasteiger partial charge in [-0.15, -0.1) is 13.2 Å². The molecule has 0 unspecified atom stereocenters. The molecule has 1 heterocycles. The lowest BCUT2D eigenvalue weighted by atomic mass is 10.0. The van der Waals surface area contributed by atoms with Crippen molar-refractivity contribution in [2.45, 2.75) is 13.0 Å². The van der Waals surface area contributed by atoms with Crippen molar-refractivity contribution in [3.8, 4) is 22.8 Å². The number of aromatic nitrogens is 1. The van der Waals surface area contributed by atoms with Gasteiger partial charge in [-0.05, 0) is 23.8 Å². The van der Waals surface area contributed by atoms with Gasteiger partial charge in [-0.25, -0.2) is 4.98 Å². The van der Waals surface area contributed by atoms with E-state index < -0.39 is 6.36 Å². The highest BCUT2D eigenvalue weighted by Crippen LogP contribution is 2.28. The number of pyridine rings is 1. The van der Waals surface area contributed by atoms with Gasteiger partial charge in [0.15, 0.2) is 0 Å². The minimum absolute atomic E-state index is 0.307. The van der Waals surface area contributed by atoms with Crippen molar-refractivity contribution in [1.82, 2.24) is 4.98 Å². The van der Waals surface area contributed by atoms with Gasteiger partial charge in [-0.1, -0.05) is 12.1 Å². The number of alkyl halides is 3. The third-order valence-corrected chi connectivity index (χ3v) is 2.71. The van der Waals surface area contributed by atoms with E-state index in [0.717, 1.165) is 0 Å². The number of hydrogen-bond acceptors (Lipinski definition) is 4. The quantitative estimate of drug-likeness (QED) is 0.942. The molecule has 1 aromatic carbocycles. The minimum atomic E-state index is -4.72. The fraction of sp³-hybridized carbons (Fsp3) is 0.214. The lowest BCUT2D eigenvalue weighted by Crippen LogP contribution is -2.16. The first-order valence-electron chi connectivity index (χ1n) is 5.94. The molecule has 0 saturated carbocycles. The maximum atomic E-state index is 12.1. The first-order chi connectivity index (χ1) is 9.93. The molecule has 4 nitrogen and oxygen atoms in total. The zero-order valence-corrected chi connectivity index (χ0v) is 11.0. The van der Waals surface area contributed by atoms with E-state index in [1.165, 1.54) is 31.4 Å². The Morgan fingerprint density at radius 3 is 2.29 bits per heavy atom. The van der Waals surface area contributed by atoms with Gasteiger partial charge >= 0.3 is 6.36 Å². The van der Waals surface area contributed by atoms with Gasteiger partial charge < -0.3 is 14.6 Å². The summed E-state index contributed by atoms with van der Waals surface area (Å²) < 4.78 is 45.0. The number of nitrogens with zero attached hydrogens (tertiary/aromatic N) is 1. The summed E-state index contributed by atoms with van der Waals surface area (Å²) in [5.74, 6) is 0.0399. The van der Waals surface area contributed by atoms with Gasteiger partial charge in [0.1, 0.15) is 5.75 Å². The standard InChI is InChI=1S/C14H12F3NO3/c1-20-13-7-6-11(12(8-19)18-13)9-2-4-10(5-3-9)21-14(15,16)17/h2-7,19H,8H2,1H3. The number of methoxy groups -OCH3 is 1. The molecule has 0 spiro atoms. The zero-order valence-electron chi connectivity index (χ0n) is 11.0. The predicted molar refractivity (Wildman–Crippen MR) is 68.8 cm³/mol. The van der Waals surface area contributed by atoms with Crippen molar-refractivity contribution in [2.24, 2.45) is 0 Å². The van der Waals surface area contributed by atoms with Crippen molar-refractivity contribution >= 4 is 0 Å². The highest BCUT2D eigenvalue weighted by atomic mass is 19.4. The molecular formula is C14H12F3NO3. The molecule has 0 bridgehead atoms. The molecule has 0 amide bonds. The van der Waals surface area contributed by atoms with Gasteiger partial charge in [0.05, 0.1) is 19.4 Å². The summed E-state index contributed by atoms with van der Waals surface area (Å²) in [5, 5.41) is 9.32. The van der Waals surface area contributed by atoms with Crippen molar-refractivity contribution in [3.05, 3.63) is 42.1 Å². The van der Waals surface area contributed by atoms with E-state index in [1.54, 1.807) is 12.1 Å². The van der Waals surface area contributed by atoms with Gasteiger partial charge in [-0.3, -0.25) is 0 Å². The predicted octanol–water partition coefficient (Wildman–Crippen LogP) is 3.15. The van der Waals surface area contributed by atoms with Crippen LogP contribution in [0.5, 0.6) is 11.6 Å². The smallest absolute Gasteiger partial charge is 0.481 e. The maximum absolute atomic E-state index is 12.1. The highest BCUT2D eigenvalue weighted by molar-refractivity contribution is 5.67. The highest BCUT2D eigenvalue weighted by Gasteiger charge is 2.30. The summed E-state index contributed by atoms with van der Waals surface area (Å²) in [6.45, 7) is -0.312. The van der Waals surface area contributed by atoms with Gasteiger partial charge in [0, 0.05) is 11.6 Å². The van der Waals surface area contributed by atoms with Crippen LogP contribution < -0.4 is 9.47 Å². The molecule has 0 saturated heterocycles. The molecule has 2 aromatic rings. The zero-order chi connectivity index (χ0) is 15.5. The van der Waals surface area contributed by atoms with Crippen LogP contribution >= 0.6 is 0 Å². The summed E-state index contributed by atoms with van der Waals surface area (Å²) in [5.41, 5.74) is 1.60. The van der Waals surface area contributed by atoms with E-state index in [2.05, 4.69) is 9.72 Å². The normalized spacial score (nSPS) is 11.3. The number of aliphatic hydroxyl groups is 1. The molecule has 0 aliphatic heterocycles. The molecule has 1 aromatic heterocycles. The van der Waals surface area contributed by atoms with Gasteiger partial charge in [-0.2, -0.15) is 0 Å². The Bertz CT molecular complexity index is 612. The van der Waals surface area contributed by atoms with E-state index in [4.69, 9.17) is 4.74 Å². The molecule has 0 fully saturated rings. The summed E-state index contributed by atoms with van der Waals surface area (Å²) in [7, 11) is 1.45. The molecule has 0 radical (unpaired) electrons. The Hall–Kier alpha value is -2.28. The average molecular weight is 299 g/mol. The number of rotatable bonds is 4. The van der Waals surface area contributed by atoms with Crippen LogP contribution in [0.3, 0.4) is 0 Å². The first kappa shape index (κ1) is 15.1. The average Bonchev–Trinajstić information content (AvgIpc) is 2.46. The second kappa shape index (κ2) is 6.01. The van der Waals surface area contributed by atoms with Crippen LogP contribution in [-0.4, -0.2) is 23.6 Å². The number of aliphatic hydroxyl groups excluding tert-OH is 1. The number of ether oxygens (including phenoxy) is 2. The van der Waals surface area contributed by atoms with Crippen LogP contribution in [0.15, 0.2) is 36.4 Å². The molecule has 2 rings (SSSR count). The largest absolute Gasteiger partial charge is 0.573 e. The first-order valence-corrected chi connectivity index (χ1v) is 5.94. The Labute approximate surface area is 118 Å². The lowest BCUT2D eigenvalue weighted by molar-refractivity contribution is -0.274. The van der Waals surface area contributed by atoms with E-state index in [9.17, 15) is 18.3 Å². The summed E-state index contributed by atoms with van der Waals surface area (Å²) in [6.07, 6.45) is -4.72. The Morgan fingerprint density at radius 1 is 1.10 bits per heavy atom.